The molecule has 1 unspecified atom stereocenters. The van der Waals surface area contributed by atoms with Crippen LogP contribution < -0.4 is 0 Å². The van der Waals surface area contributed by atoms with E-state index in [2.05, 4.69) is 20.4 Å². The summed E-state index contributed by atoms with van der Waals surface area (Å²) in [5.74, 6) is -0.0877. The van der Waals surface area contributed by atoms with Crippen LogP contribution in [-0.4, -0.2) is 37.7 Å². The number of aromatic amines is 1. The van der Waals surface area contributed by atoms with Crippen LogP contribution in [0.4, 0.5) is 0 Å². The maximum absolute atomic E-state index is 13.0. The maximum Gasteiger partial charge on any atom is 0.277 e. The Morgan fingerprint density at radius 2 is 2.13 bits per heavy atom. The Hall–Kier alpha value is -2.54. The monoisotopic (exact) mass is 325 g/mol. The van der Waals surface area contributed by atoms with Gasteiger partial charge < -0.3 is 4.90 Å². The van der Waals surface area contributed by atoms with Crippen LogP contribution in [0.2, 0.25) is 0 Å². The lowest BCUT2D eigenvalue weighted by Crippen LogP contribution is -2.31. The fourth-order valence-electron chi connectivity index (χ4n) is 2.98. The molecular weight excluding hydrogens is 310 g/mol. The van der Waals surface area contributed by atoms with Crippen molar-refractivity contribution < 1.29 is 4.79 Å². The number of benzene rings is 1. The fourth-order valence-corrected chi connectivity index (χ4v) is 3.76. The van der Waals surface area contributed by atoms with Crippen molar-refractivity contribution in [1.82, 2.24) is 25.3 Å². The molecule has 1 saturated heterocycles. The number of amides is 1. The minimum atomic E-state index is -0.0877. The number of hydrogen-bond donors (Lipinski definition) is 1. The summed E-state index contributed by atoms with van der Waals surface area (Å²) in [4.78, 5) is 19.2. The number of hydrogen-bond acceptors (Lipinski definition) is 5. The summed E-state index contributed by atoms with van der Waals surface area (Å²) in [7, 11) is 0. The van der Waals surface area contributed by atoms with Crippen LogP contribution in [0.25, 0.3) is 11.3 Å². The molecule has 1 fully saturated rings. The lowest BCUT2D eigenvalue weighted by atomic mass is 10.1. The van der Waals surface area contributed by atoms with E-state index >= 15 is 0 Å². The molecule has 3 heterocycles. The van der Waals surface area contributed by atoms with Gasteiger partial charge in [0.05, 0.1) is 6.04 Å². The van der Waals surface area contributed by atoms with E-state index in [1.807, 2.05) is 40.6 Å². The second kappa shape index (κ2) is 5.92. The molecule has 1 N–H and O–H groups in total. The third kappa shape index (κ3) is 2.53. The molecule has 3 aromatic rings. The van der Waals surface area contributed by atoms with Gasteiger partial charge in [-0.05, 0) is 12.8 Å². The van der Waals surface area contributed by atoms with Gasteiger partial charge in [0.25, 0.3) is 5.91 Å². The van der Waals surface area contributed by atoms with Crippen molar-refractivity contribution in [3.05, 3.63) is 52.6 Å². The van der Waals surface area contributed by atoms with E-state index < -0.39 is 0 Å². The first kappa shape index (κ1) is 14.1. The molecule has 0 spiro atoms. The van der Waals surface area contributed by atoms with E-state index in [1.54, 1.807) is 17.5 Å². The number of carbonyl (C=O) groups excluding carboxylic acids is 1. The second-order valence-corrected chi connectivity index (χ2v) is 6.34. The van der Waals surface area contributed by atoms with Crippen LogP contribution in [0.5, 0.6) is 0 Å². The quantitative estimate of drug-likeness (QED) is 0.803. The van der Waals surface area contributed by atoms with E-state index in [-0.39, 0.29) is 11.9 Å². The topological polar surface area (TPSA) is 74.8 Å². The lowest BCUT2D eigenvalue weighted by Gasteiger charge is -2.22. The van der Waals surface area contributed by atoms with Crippen molar-refractivity contribution in [2.24, 2.45) is 0 Å². The Balaban J connectivity index is 1.66. The van der Waals surface area contributed by atoms with E-state index in [9.17, 15) is 4.79 Å². The number of carbonyl (C=O) groups is 1. The van der Waals surface area contributed by atoms with Crippen molar-refractivity contribution in [1.29, 1.82) is 0 Å². The summed E-state index contributed by atoms with van der Waals surface area (Å²) in [5.41, 5.74) is 1.86. The highest BCUT2D eigenvalue weighted by Gasteiger charge is 2.34. The Kier molecular flexibility index (Phi) is 3.63. The SMILES string of the molecule is O=C(c1n[nH]nc1-c1ccccc1)N1CCCC1c1nccs1. The van der Waals surface area contributed by atoms with Gasteiger partial charge in [-0.1, -0.05) is 30.3 Å². The summed E-state index contributed by atoms with van der Waals surface area (Å²) in [5, 5.41) is 13.8. The predicted octanol–water partition coefficient (Wildman–Crippen LogP) is 2.91. The predicted molar refractivity (Wildman–Crippen MR) is 86.9 cm³/mol. The molecule has 0 radical (unpaired) electrons. The van der Waals surface area contributed by atoms with E-state index in [0.29, 0.717) is 11.4 Å². The lowest BCUT2D eigenvalue weighted by molar-refractivity contribution is 0.0730. The third-order valence-corrected chi connectivity index (χ3v) is 4.92. The van der Waals surface area contributed by atoms with Gasteiger partial charge in [-0.2, -0.15) is 15.4 Å². The largest absolute Gasteiger partial charge is 0.328 e. The number of nitrogens with zero attached hydrogens (tertiary/aromatic N) is 4. The molecule has 0 bridgehead atoms. The van der Waals surface area contributed by atoms with Crippen molar-refractivity contribution >= 4 is 17.2 Å². The third-order valence-electron chi connectivity index (χ3n) is 4.05. The Bertz CT molecular complexity index is 799. The molecule has 1 aromatic carbocycles. The zero-order chi connectivity index (χ0) is 15.6. The molecule has 1 amide bonds. The highest BCUT2D eigenvalue weighted by Crippen LogP contribution is 2.34. The minimum absolute atomic E-state index is 0.0443. The van der Waals surface area contributed by atoms with Crippen molar-refractivity contribution in [2.75, 3.05) is 6.54 Å². The summed E-state index contributed by atoms with van der Waals surface area (Å²) >= 11 is 1.59. The summed E-state index contributed by atoms with van der Waals surface area (Å²) < 4.78 is 0. The van der Waals surface area contributed by atoms with Crippen LogP contribution in [-0.2, 0) is 0 Å². The number of likely N-dealkylation sites (tertiary alicyclic amines) is 1. The molecule has 0 aliphatic carbocycles. The average molecular weight is 325 g/mol. The van der Waals surface area contributed by atoms with Crippen LogP contribution >= 0.6 is 11.3 Å². The summed E-state index contributed by atoms with van der Waals surface area (Å²) in [6.45, 7) is 0.726. The molecule has 0 saturated carbocycles. The van der Waals surface area contributed by atoms with Crippen molar-refractivity contribution in [2.45, 2.75) is 18.9 Å². The molecule has 1 aliphatic heterocycles. The van der Waals surface area contributed by atoms with E-state index in [1.165, 1.54) is 0 Å². The summed E-state index contributed by atoms with van der Waals surface area (Å²) in [6.07, 6.45) is 3.71. The first-order chi connectivity index (χ1) is 11.3. The summed E-state index contributed by atoms with van der Waals surface area (Å²) in [6, 6.07) is 9.68. The number of H-pyrrole nitrogens is 1. The molecule has 1 atom stereocenters. The van der Waals surface area contributed by atoms with Crippen LogP contribution in [0.15, 0.2) is 41.9 Å². The maximum atomic E-state index is 13.0. The van der Waals surface area contributed by atoms with Gasteiger partial charge in [0.15, 0.2) is 5.69 Å². The first-order valence-corrected chi connectivity index (χ1v) is 8.39. The molecule has 4 rings (SSSR count). The standard InChI is InChI=1S/C16H15N5OS/c22-16(21-9-4-7-12(21)15-17-8-10-23-15)14-13(18-20-19-14)11-5-2-1-3-6-11/h1-3,5-6,8,10,12H,4,7,9H2,(H,18,19,20). The van der Waals surface area contributed by atoms with E-state index in [4.69, 9.17) is 0 Å². The van der Waals surface area contributed by atoms with Crippen LogP contribution in [0.3, 0.4) is 0 Å². The number of thiazole rings is 1. The van der Waals surface area contributed by atoms with Gasteiger partial charge in [-0.15, -0.1) is 11.3 Å². The highest BCUT2D eigenvalue weighted by molar-refractivity contribution is 7.09. The normalized spacial score (nSPS) is 17.6. The Morgan fingerprint density at radius 3 is 2.91 bits per heavy atom. The zero-order valence-electron chi connectivity index (χ0n) is 12.3. The molecule has 23 heavy (non-hydrogen) atoms. The molecule has 7 heteroatoms. The number of aromatic nitrogens is 4. The highest BCUT2D eigenvalue weighted by atomic mass is 32.1. The minimum Gasteiger partial charge on any atom is -0.328 e. The van der Waals surface area contributed by atoms with Gasteiger partial charge in [-0.3, -0.25) is 4.79 Å². The second-order valence-electron chi connectivity index (χ2n) is 5.41. The Morgan fingerprint density at radius 1 is 1.26 bits per heavy atom. The first-order valence-electron chi connectivity index (χ1n) is 7.51. The average Bonchev–Trinajstić information content (AvgIpc) is 3.34. The molecule has 1 aliphatic rings. The molecule has 116 valence electrons. The van der Waals surface area contributed by atoms with Gasteiger partial charge in [-0.25, -0.2) is 4.98 Å². The van der Waals surface area contributed by atoms with Crippen LogP contribution in [0.1, 0.15) is 34.4 Å². The van der Waals surface area contributed by atoms with Crippen molar-refractivity contribution in [3.8, 4) is 11.3 Å². The smallest absolute Gasteiger partial charge is 0.277 e. The molecule has 6 nitrogen and oxygen atoms in total. The molecular formula is C16H15N5OS. The van der Waals surface area contributed by atoms with Gasteiger partial charge in [0.1, 0.15) is 10.7 Å². The van der Waals surface area contributed by atoms with Gasteiger partial charge in [0.2, 0.25) is 0 Å². The van der Waals surface area contributed by atoms with Gasteiger partial charge in [0, 0.05) is 23.7 Å². The fraction of sp³-hybridized carbons (Fsp3) is 0.250. The van der Waals surface area contributed by atoms with Gasteiger partial charge >= 0.3 is 0 Å². The number of nitrogens with one attached hydrogen (secondary N) is 1. The van der Waals surface area contributed by atoms with E-state index in [0.717, 1.165) is 30.0 Å². The van der Waals surface area contributed by atoms with Crippen molar-refractivity contribution in [3.63, 3.8) is 0 Å². The number of rotatable bonds is 3. The Labute approximate surface area is 137 Å². The molecule has 2 aromatic heterocycles. The van der Waals surface area contributed by atoms with Crippen LogP contribution in [0, 0.1) is 0 Å². The zero-order valence-corrected chi connectivity index (χ0v) is 13.2.